The number of fused-ring (bicyclic) bond motifs is 2. The van der Waals surface area contributed by atoms with Gasteiger partial charge >= 0.3 is 0 Å². The number of aromatic hydroxyl groups is 1. The number of rotatable bonds is 0. The van der Waals surface area contributed by atoms with Gasteiger partial charge < -0.3 is 10.0 Å². The van der Waals surface area contributed by atoms with E-state index in [1.165, 1.54) is 30.6 Å². The highest BCUT2D eigenvalue weighted by Crippen LogP contribution is 2.45. The van der Waals surface area contributed by atoms with Crippen molar-refractivity contribution in [1.82, 2.24) is 4.90 Å². The van der Waals surface area contributed by atoms with E-state index in [1.807, 2.05) is 12.1 Å². The fourth-order valence-electron chi connectivity index (χ4n) is 3.13. The van der Waals surface area contributed by atoms with Crippen molar-refractivity contribution in [2.45, 2.75) is 18.3 Å². The zero-order valence-electron chi connectivity index (χ0n) is 8.45. The predicted octanol–water partition coefficient (Wildman–Crippen LogP) is 1.52. The number of aryl methyl sites for hydroxylation is 1. The molecule has 14 heavy (non-hydrogen) atoms. The van der Waals surface area contributed by atoms with Crippen LogP contribution < -0.4 is 0 Å². The molecule has 0 saturated carbocycles. The highest BCUT2D eigenvalue weighted by molar-refractivity contribution is 5.45. The van der Waals surface area contributed by atoms with Crippen LogP contribution in [0.1, 0.15) is 17.5 Å². The lowest BCUT2D eigenvalue weighted by atomic mass is 9.75. The summed E-state index contributed by atoms with van der Waals surface area (Å²) in [6.45, 7) is 2.37. The van der Waals surface area contributed by atoms with Gasteiger partial charge in [0.15, 0.2) is 0 Å². The highest BCUT2D eigenvalue weighted by atomic mass is 16.3. The van der Waals surface area contributed by atoms with Gasteiger partial charge in [0.2, 0.25) is 0 Å². The molecule has 1 spiro atoms. The first-order valence-corrected chi connectivity index (χ1v) is 5.21. The van der Waals surface area contributed by atoms with Crippen LogP contribution in [0.3, 0.4) is 0 Å². The molecule has 1 aromatic rings. The van der Waals surface area contributed by atoms with Crippen LogP contribution in [0.25, 0.3) is 0 Å². The molecule has 1 aromatic carbocycles. The zero-order chi connectivity index (χ0) is 9.76. The van der Waals surface area contributed by atoms with Crippen LogP contribution >= 0.6 is 0 Å². The molecule has 1 aliphatic heterocycles. The molecule has 3 rings (SSSR count). The van der Waals surface area contributed by atoms with Gasteiger partial charge in [0, 0.05) is 18.5 Å². The number of likely N-dealkylation sites (tertiary alicyclic amines) is 1. The number of phenols is 1. The summed E-state index contributed by atoms with van der Waals surface area (Å²) in [4.78, 5) is 2.36. The van der Waals surface area contributed by atoms with Gasteiger partial charge in [-0.15, -0.1) is 0 Å². The molecule has 1 heterocycles. The fourth-order valence-corrected chi connectivity index (χ4v) is 3.13. The van der Waals surface area contributed by atoms with Crippen molar-refractivity contribution in [3.05, 3.63) is 29.3 Å². The summed E-state index contributed by atoms with van der Waals surface area (Å²) >= 11 is 0. The van der Waals surface area contributed by atoms with Crippen LogP contribution in [-0.2, 0) is 11.8 Å². The van der Waals surface area contributed by atoms with E-state index in [0.717, 1.165) is 6.42 Å². The van der Waals surface area contributed by atoms with Gasteiger partial charge in [0.05, 0.1) is 0 Å². The second kappa shape index (κ2) is 2.51. The molecule has 0 amide bonds. The van der Waals surface area contributed by atoms with Gasteiger partial charge in [-0.05, 0) is 43.1 Å². The molecule has 0 atom stereocenters. The van der Waals surface area contributed by atoms with Gasteiger partial charge in [0.25, 0.3) is 0 Å². The van der Waals surface area contributed by atoms with Crippen molar-refractivity contribution >= 4 is 0 Å². The van der Waals surface area contributed by atoms with E-state index in [2.05, 4.69) is 18.0 Å². The number of phenolic OH excluding ortho intramolecular Hbond substituents is 1. The quantitative estimate of drug-likeness (QED) is 0.669. The second-order valence-electron chi connectivity index (χ2n) is 4.79. The molecule has 74 valence electrons. The molecule has 1 fully saturated rings. The van der Waals surface area contributed by atoms with Crippen LogP contribution in [0, 0.1) is 0 Å². The molecule has 0 unspecified atom stereocenters. The molecule has 0 radical (unpaired) electrons. The average molecular weight is 189 g/mol. The van der Waals surface area contributed by atoms with E-state index < -0.39 is 0 Å². The monoisotopic (exact) mass is 189 g/mol. The first-order chi connectivity index (χ1) is 6.70. The van der Waals surface area contributed by atoms with Crippen molar-refractivity contribution in [1.29, 1.82) is 0 Å². The molecule has 2 heteroatoms. The first-order valence-electron chi connectivity index (χ1n) is 5.21. The summed E-state index contributed by atoms with van der Waals surface area (Å²) < 4.78 is 0. The minimum Gasteiger partial charge on any atom is -0.508 e. The van der Waals surface area contributed by atoms with Crippen molar-refractivity contribution in [2.75, 3.05) is 20.1 Å². The maximum Gasteiger partial charge on any atom is 0.115 e. The molecule has 2 nitrogen and oxygen atoms in total. The Kier molecular flexibility index (Phi) is 1.49. The Labute approximate surface area is 84.2 Å². The van der Waals surface area contributed by atoms with Crippen molar-refractivity contribution in [3.8, 4) is 5.75 Å². The van der Waals surface area contributed by atoms with Crippen LogP contribution in [0.15, 0.2) is 18.2 Å². The van der Waals surface area contributed by atoms with Gasteiger partial charge in [-0.3, -0.25) is 0 Å². The largest absolute Gasteiger partial charge is 0.508 e. The minimum absolute atomic E-state index is 0.411. The molecule has 0 aromatic heterocycles. The van der Waals surface area contributed by atoms with Gasteiger partial charge in [-0.1, -0.05) is 6.07 Å². The Hall–Kier alpha value is -1.02. The third-order valence-electron chi connectivity index (χ3n) is 3.68. The second-order valence-corrected chi connectivity index (χ2v) is 4.79. The standard InChI is InChI=1S/C12H15NO/c1-13-7-12(8-13)5-4-9-6-10(14)2-3-11(9)12/h2-3,6,14H,4-5,7-8H2,1H3. The summed E-state index contributed by atoms with van der Waals surface area (Å²) in [5.74, 6) is 0.411. The lowest BCUT2D eigenvalue weighted by molar-refractivity contribution is 0.0946. The number of nitrogens with zero attached hydrogens (tertiary/aromatic N) is 1. The SMILES string of the molecule is CN1CC2(CCc3cc(O)ccc32)C1. The number of benzene rings is 1. The predicted molar refractivity (Wildman–Crippen MR) is 55.6 cm³/mol. The fraction of sp³-hybridized carbons (Fsp3) is 0.500. The van der Waals surface area contributed by atoms with Gasteiger partial charge in [0.1, 0.15) is 5.75 Å². The number of hydrogen-bond donors (Lipinski definition) is 1. The molecule has 2 aliphatic rings. The zero-order valence-corrected chi connectivity index (χ0v) is 8.45. The Balaban J connectivity index is 2.03. The maximum atomic E-state index is 9.40. The summed E-state index contributed by atoms with van der Waals surface area (Å²) in [6.07, 6.45) is 2.40. The lowest BCUT2D eigenvalue weighted by Gasteiger charge is -2.47. The van der Waals surface area contributed by atoms with Crippen molar-refractivity contribution in [3.63, 3.8) is 0 Å². The number of hydrogen-bond acceptors (Lipinski definition) is 2. The normalized spacial score (nSPS) is 23.5. The third kappa shape index (κ3) is 0.947. The molecular weight excluding hydrogens is 174 g/mol. The Morgan fingerprint density at radius 2 is 2.14 bits per heavy atom. The molecular formula is C12H15NO. The van der Waals surface area contributed by atoms with Crippen molar-refractivity contribution < 1.29 is 5.11 Å². The highest BCUT2D eigenvalue weighted by Gasteiger charge is 2.46. The van der Waals surface area contributed by atoms with Crippen LogP contribution in [-0.4, -0.2) is 30.1 Å². The summed E-state index contributed by atoms with van der Waals surface area (Å²) in [6, 6.07) is 5.87. The third-order valence-corrected chi connectivity index (χ3v) is 3.68. The van der Waals surface area contributed by atoms with E-state index in [-0.39, 0.29) is 0 Å². The first kappa shape index (κ1) is 8.30. The minimum atomic E-state index is 0.411. The molecule has 1 N–H and O–H groups in total. The average Bonchev–Trinajstić information content (AvgIpc) is 2.44. The van der Waals surface area contributed by atoms with E-state index in [9.17, 15) is 5.11 Å². The topological polar surface area (TPSA) is 23.5 Å². The van der Waals surface area contributed by atoms with E-state index >= 15 is 0 Å². The van der Waals surface area contributed by atoms with Crippen LogP contribution in [0.4, 0.5) is 0 Å². The molecule has 1 aliphatic carbocycles. The van der Waals surface area contributed by atoms with E-state index in [0.29, 0.717) is 11.2 Å². The smallest absolute Gasteiger partial charge is 0.115 e. The maximum absolute atomic E-state index is 9.40. The summed E-state index contributed by atoms with van der Waals surface area (Å²) in [5, 5.41) is 9.40. The van der Waals surface area contributed by atoms with Gasteiger partial charge in [-0.2, -0.15) is 0 Å². The summed E-state index contributed by atoms with van der Waals surface area (Å²) in [5.41, 5.74) is 3.27. The lowest BCUT2D eigenvalue weighted by Crippen LogP contribution is -2.56. The Morgan fingerprint density at radius 1 is 1.36 bits per heavy atom. The number of likely N-dealkylation sites (N-methyl/N-ethyl adjacent to an activating group) is 1. The van der Waals surface area contributed by atoms with Crippen LogP contribution in [0.2, 0.25) is 0 Å². The summed E-state index contributed by atoms with van der Waals surface area (Å²) in [7, 11) is 2.17. The van der Waals surface area contributed by atoms with E-state index in [4.69, 9.17) is 0 Å². The van der Waals surface area contributed by atoms with Crippen LogP contribution in [0.5, 0.6) is 5.75 Å². The molecule has 1 saturated heterocycles. The van der Waals surface area contributed by atoms with Gasteiger partial charge in [-0.25, -0.2) is 0 Å². The Bertz CT molecular complexity index is 380. The molecule has 0 bridgehead atoms. The van der Waals surface area contributed by atoms with E-state index in [1.54, 1.807) is 0 Å². The Morgan fingerprint density at radius 3 is 2.86 bits per heavy atom. The van der Waals surface area contributed by atoms with Crippen molar-refractivity contribution in [2.24, 2.45) is 0 Å².